The molecule has 2 aromatic rings. The van der Waals surface area contributed by atoms with Gasteiger partial charge in [0.1, 0.15) is 12.3 Å². The number of carbonyl (C=O) groups excluding carboxylic acids is 3. The van der Waals surface area contributed by atoms with Crippen molar-refractivity contribution < 1.29 is 19.1 Å². The molecule has 5 rings (SSSR count). The molecule has 5 nitrogen and oxygen atoms in total. The Morgan fingerprint density at radius 3 is 2.18 bits per heavy atom. The number of imide groups is 1. The third-order valence-corrected chi connectivity index (χ3v) is 6.50. The van der Waals surface area contributed by atoms with Crippen LogP contribution in [0.2, 0.25) is 0 Å². The molecule has 142 valence electrons. The van der Waals surface area contributed by atoms with Crippen LogP contribution in [0, 0.1) is 23.7 Å². The first-order valence-corrected chi connectivity index (χ1v) is 9.84. The number of hydrogen-bond acceptors (Lipinski definition) is 4. The Labute approximate surface area is 163 Å². The molecule has 0 radical (unpaired) electrons. The molecule has 2 bridgehead atoms. The van der Waals surface area contributed by atoms with E-state index in [1.165, 1.54) is 0 Å². The summed E-state index contributed by atoms with van der Waals surface area (Å²) in [6.07, 6.45) is 3.02. The van der Waals surface area contributed by atoms with Gasteiger partial charge in [0.2, 0.25) is 11.8 Å². The molecule has 4 atom stereocenters. The second kappa shape index (κ2) is 6.59. The summed E-state index contributed by atoms with van der Waals surface area (Å²) in [4.78, 5) is 39.2. The molecular weight excluding hydrogens is 354 g/mol. The molecule has 2 aliphatic carbocycles. The SMILES string of the molecule is O=C(CN1C(=O)[C@@H]2[C@@H]3CC[C@@H](C3)[C@@H]2C1=O)Oc1ccccc1-c1ccccc1. The van der Waals surface area contributed by atoms with E-state index in [1.807, 2.05) is 42.5 Å². The number of benzene rings is 2. The summed E-state index contributed by atoms with van der Waals surface area (Å²) in [5, 5.41) is 0. The summed E-state index contributed by atoms with van der Waals surface area (Å²) in [5.41, 5.74) is 1.73. The molecule has 1 heterocycles. The van der Waals surface area contributed by atoms with Crippen molar-refractivity contribution >= 4 is 17.8 Å². The summed E-state index contributed by atoms with van der Waals surface area (Å²) >= 11 is 0. The zero-order chi connectivity index (χ0) is 19.3. The molecule has 1 saturated heterocycles. The summed E-state index contributed by atoms with van der Waals surface area (Å²) in [7, 11) is 0. The van der Waals surface area contributed by atoms with Gasteiger partial charge in [-0.2, -0.15) is 0 Å². The maximum atomic E-state index is 12.8. The van der Waals surface area contributed by atoms with E-state index in [9.17, 15) is 14.4 Å². The molecule has 0 unspecified atom stereocenters. The van der Waals surface area contributed by atoms with Crippen molar-refractivity contribution in [3.05, 3.63) is 54.6 Å². The van der Waals surface area contributed by atoms with E-state index in [0.717, 1.165) is 35.3 Å². The predicted octanol–water partition coefficient (Wildman–Crippen LogP) is 3.29. The number of para-hydroxylation sites is 1. The van der Waals surface area contributed by atoms with Gasteiger partial charge in [-0.1, -0.05) is 48.5 Å². The van der Waals surface area contributed by atoms with Gasteiger partial charge >= 0.3 is 5.97 Å². The first kappa shape index (κ1) is 17.2. The lowest BCUT2D eigenvalue weighted by Gasteiger charge is -2.19. The minimum absolute atomic E-state index is 0.185. The Kier molecular flexibility index (Phi) is 4.04. The third-order valence-electron chi connectivity index (χ3n) is 6.50. The van der Waals surface area contributed by atoms with E-state index in [4.69, 9.17) is 4.74 Å². The summed E-state index contributed by atoms with van der Waals surface area (Å²) < 4.78 is 5.56. The number of ether oxygens (including phenoxy) is 1. The number of carbonyl (C=O) groups is 3. The Hall–Kier alpha value is -2.95. The highest BCUT2D eigenvalue weighted by atomic mass is 16.5. The molecule has 2 saturated carbocycles. The Morgan fingerprint density at radius 2 is 1.50 bits per heavy atom. The van der Waals surface area contributed by atoms with Crippen LogP contribution in [0.1, 0.15) is 19.3 Å². The molecule has 2 aromatic carbocycles. The predicted molar refractivity (Wildman–Crippen MR) is 102 cm³/mol. The Bertz CT molecular complexity index is 926. The molecule has 0 spiro atoms. The average molecular weight is 375 g/mol. The Balaban J connectivity index is 1.33. The Morgan fingerprint density at radius 1 is 0.893 bits per heavy atom. The fourth-order valence-electron chi connectivity index (χ4n) is 5.32. The highest BCUT2D eigenvalue weighted by Crippen LogP contribution is 2.56. The number of fused-ring (bicyclic) bond motifs is 5. The van der Waals surface area contributed by atoms with Gasteiger partial charge in [0.15, 0.2) is 0 Å². The maximum absolute atomic E-state index is 12.8. The van der Waals surface area contributed by atoms with Gasteiger partial charge in [-0.3, -0.25) is 14.5 Å². The minimum Gasteiger partial charge on any atom is -0.425 e. The van der Waals surface area contributed by atoms with E-state index >= 15 is 0 Å². The molecule has 3 aliphatic rings. The molecular formula is C23H21NO4. The van der Waals surface area contributed by atoms with E-state index in [0.29, 0.717) is 17.6 Å². The van der Waals surface area contributed by atoms with Gasteiger partial charge < -0.3 is 4.74 Å². The zero-order valence-electron chi connectivity index (χ0n) is 15.4. The molecule has 5 heteroatoms. The largest absolute Gasteiger partial charge is 0.425 e. The number of amides is 2. The maximum Gasteiger partial charge on any atom is 0.331 e. The first-order valence-electron chi connectivity index (χ1n) is 9.84. The van der Waals surface area contributed by atoms with Crippen molar-refractivity contribution in [3.63, 3.8) is 0 Å². The van der Waals surface area contributed by atoms with Crippen molar-refractivity contribution in [2.75, 3.05) is 6.54 Å². The van der Waals surface area contributed by atoms with Gasteiger partial charge in [-0.05, 0) is 42.7 Å². The fourth-order valence-corrected chi connectivity index (χ4v) is 5.32. The second-order valence-corrected chi connectivity index (χ2v) is 7.98. The summed E-state index contributed by atoms with van der Waals surface area (Å²) in [5.74, 6) is -0.328. The van der Waals surface area contributed by atoms with Crippen LogP contribution in [0.5, 0.6) is 5.75 Å². The number of hydrogen-bond donors (Lipinski definition) is 0. The lowest BCUT2D eigenvalue weighted by atomic mass is 9.81. The lowest BCUT2D eigenvalue weighted by molar-refractivity contribution is -0.148. The number of nitrogens with zero attached hydrogens (tertiary/aromatic N) is 1. The molecule has 1 aliphatic heterocycles. The van der Waals surface area contributed by atoms with Crippen molar-refractivity contribution in [2.45, 2.75) is 19.3 Å². The second-order valence-electron chi connectivity index (χ2n) is 7.98. The first-order chi connectivity index (χ1) is 13.6. The fraction of sp³-hybridized carbons (Fsp3) is 0.348. The summed E-state index contributed by atoms with van der Waals surface area (Å²) in [6, 6.07) is 16.9. The van der Waals surface area contributed by atoms with E-state index in [-0.39, 0.29) is 30.2 Å². The van der Waals surface area contributed by atoms with Crippen molar-refractivity contribution in [1.29, 1.82) is 0 Å². The van der Waals surface area contributed by atoms with E-state index in [1.54, 1.807) is 12.1 Å². The lowest BCUT2D eigenvalue weighted by Crippen LogP contribution is -2.38. The van der Waals surface area contributed by atoms with Crippen LogP contribution in [0.15, 0.2) is 54.6 Å². The number of rotatable bonds is 4. The molecule has 2 amide bonds. The monoisotopic (exact) mass is 375 g/mol. The van der Waals surface area contributed by atoms with Gasteiger partial charge in [0, 0.05) is 5.56 Å². The minimum atomic E-state index is -0.586. The van der Waals surface area contributed by atoms with Crippen LogP contribution in [0.4, 0.5) is 0 Å². The van der Waals surface area contributed by atoms with Crippen LogP contribution < -0.4 is 4.74 Å². The normalized spacial score (nSPS) is 27.9. The van der Waals surface area contributed by atoms with Gasteiger partial charge in [0.25, 0.3) is 0 Å². The van der Waals surface area contributed by atoms with E-state index in [2.05, 4.69) is 0 Å². The number of likely N-dealkylation sites (tertiary alicyclic amines) is 1. The van der Waals surface area contributed by atoms with Crippen molar-refractivity contribution in [3.8, 4) is 16.9 Å². The molecule has 3 fully saturated rings. The van der Waals surface area contributed by atoms with Crippen LogP contribution in [0.25, 0.3) is 11.1 Å². The van der Waals surface area contributed by atoms with Gasteiger partial charge in [-0.15, -0.1) is 0 Å². The topological polar surface area (TPSA) is 63.7 Å². The van der Waals surface area contributed by atoms with Gasteiger partial charge in [0.05, 0.1) is 11.8 Å². The van der Waals surface area contributed by atoms with Crippen LogP contribution in [-0.2, 0) is 14.4 Å². The van der Waals surface area contributed by atoms with Crippen molar-refractivity contribution in [2.24, 2.45) is 23.7 Å². The van der Waals surface area contributed by atoms with E-state index < -0.39 is 5.97 Å². The quantitative estimate of drug-likeness (QED) is 0.467. The highest BCUT2D eigenvalue weighted by molar-refractivity contribution is 6.08. The van der Waals surface area contributed by atoms with Crippen LogP contribution in [-0.4, -0.2) is 29.2 Å². The molecule has 0 N–H and O–H groups in total. The molecule has 0 aromatic heterocycles. The highest BCUT2D eigenvalue weighted by Gasteiger charge is 2.61. The van der Waals surface area contributed by atoms with Crippen molar-refractivity contribution in [1.82, 2.24) is 4.90 Å². The standard InChI is InChI=1S/C23H21NO4/c25-19(28-18-9-5-4-8-17(18)14-6-2-1-3-7-14)13-24-22(26)20-15-10-11-16(12-15)21(20)23(24)27/h1-9,15-16,20-21H,10-13H2/t15-,16+,20-,21+. The summed E-state index contributed by atoms with van der Waals surface area (Å²) in [6.45, 7) is -0.312. The molecule has 28 heavy (non-hydrogen) atoms. The van der Waals surface area contributed by atoms with Gasteiger partial charge in [-0.25, -0.2) is 4.79 Å². The van der Waals surface area contributed by atoms with Crippen LogP contribution >= 0.6 is 0 Å². The third kappa shape index (κ3) is 2.65. The number of esters is 1. The average Bonchev–Trinajstić information content (AvgIpc) is 3.39. The van der Waals surface area contributed by atoms with Crippen LogP contribution in [0.3, 0.4) is 0 Å². The zero-order valence-corrected chi connectivity index (χ0v) is 15.4. The smallest absolute Gasteiger partial charge is 0.331 e.